The lowest BCUT2D eigenvalue weighted by atomic mass is 10.2. The standard InChI is InChI=1S/C17H26N2O2S/c1-22-16-8-6-14(7-9-16)17(21)18-10-2-3-11-19-12-4-5-15(19)13-20/h6-9,15,20H,2-5,10-13H2,1H3,(H,18,21). The van der Waals surface area contributed by atoms with Crippen molar-refractivity contribution in [1.29, 1.82) is 0 Å². The van der Waals surface area contributed by atoms with E-state index in [9.17, 15) is 9.90 Å². The Bertz CT molecular complexity index is 464. The number of carbonyl (C=O) groups excluding carboxylic acids is 1. The molecule has 1 fully saturated rings. The van der Waals surface area contributed by atoms with E-state index in [0.29, 0.717) is 12.6 Å². The number of likely N-dealkylation sites (tertiary alicyclic amines) is 1. The zero-order valence-corrected chi connectivity index (χ0v) is 14.1. The number of unbranched alkanes of at least 4 members (excludes halogenated alkanes) is 1. The summed E-state index contributed by atoms with van der Waals surface area (Å²) in [5, 5.41) is 12.2. The van der Waals surface area contributed by atoms with Crippen LogP contribution in [0.4, 0.5) is 0 Å². The van der Waals surface area contributed by atoms with Crippen LogP contribution in [0.2, 0.25) is 0 Å². The Hall–Kier alpha value is -1.04. The van der Waals surface area contributed by atoms with Gasteiger partial charge in [-0.3, -0.25) is 9.69 Å². The zero-order valence-electron chi connectivity index (χ0n) is 13.3. The van der Waals surface area contributed by atoms with Gasteiger partial charge in [0.05, 0.1) is 6.61 Å². The van der Waals surface area contributed by atoms with Crippen LogP contribution in [-0.2, 0) is 0 Å². The maximum absolute atomic E-state index is 12.0. The number of aliphatic hydroxyl groups excluding tert-OH is 1. The van der Waals surface area contributed by atoms with Gasteiger partial charge in [-0.05, 0) is 69.3 Å². The van der Waals surface area contributed by atoms with Crippen LogP contribution in [-0.4, -0.2) is 54.5 Å². The van der Waals surface area contributed by atoms with Crippen LogP contribution in [0.25, 0.3) is 0 Å². The summed E-state index contributed by atoms with van der Waals surface area (Å²) in [6.45, 7) is 3.09. The van der Waals surface area contributed by atoms with Crippen molar-refractivity contribution >= 4 is 17.7 Å². The molecule has 0 bridgehead atoms. The van der Waals surface area contributed by atoms with Crippen molar-refractivity contribution < 1.29 is 9.90 Å². The Morgan fingerprint density at radius 1 is 1.36 bits per heavy atom. The number of amides is 1. The van der Waals surface area contributed by atoms with Crippen LogP contribution in [0.5, 0.6) is 0 Å². The van der Waals surface area contributed by atoms with Crippen LogP contribution < -0.4 is 5.32 Å². The van der Waals surface area contributed by atoms with Gasteiger partial charge < -0.3 is 10.4 Å². The minimum atomic E-state index is 0.00191. The monoisotopic (exact) mass is 322 g/mol. The van der Waals surface area contributed by atoms with Crippen molar-refractivity contribution in [3.63, 3.8) is 0 Å². The molecule has 2 N–H and O–H groups in total. The molecule has 1 atom stereocenters. The fourth-order valence-electron chi connectivity index (χ4n) is 2.88. The fourth-order valence-corrected chi connectivity index (χ4v) is 3.29. The largest absolute Gasteiger partial charge is 0.395 e. The predicted molar refractivity (Wildman–Crippen MR) is 91.5 cm³/mol. The van der Waals surface area contributed by atoms with Crippen LogP contribution in [0.3, 0.4) is 0 Å². The van der Waals surface area contributed by atoms with Gasteiger partial charge in [0.1, 0.15) is 0 Å². The summed E-state index contributed by atoms with van der Waals surface area (Å²) in [6, 6.07) is 8.04. The van der Waals surface area contributed by atoms with Crippen molar-refractivity contribution in [2.24, 2.45) is 0 Å². The normalized spacial score (nSPS) is 18.5. The van der Waals surface area contributed by atoms with Gasteiger partial charge in [0.15, 0.2) is 0 Å². The number of carbonyl (C=O) groups is 1. The Morgan fingerprint density at radius 2 is 2.14 bits per heavy atom. The first-order valence-corrected chi connectivity index (χ1v) is 9.24. The lowest BCUT2D eigenvalue weighted by Crippen LogP contribution is -2.33. The molecule has 1 aliphatic rings. The maximum atomic E-state index is 12.0. The Balaban J connectivity index is 1.62. The van der Waals surface area contributed by atoms with Gasteiger partial charge in [0.2, 0.25) is 0 Å². The quantitative estimate of drug-likeness (QED) is 0.570. The van der Waals surface area contributed by atoms with E-state index in [1.807, 2.05) is 30.5 Å². The maximum Gasteiger partial charge on any atom is 0.251 e. The minimum absolute atomic E-state index is 0.00191. The second kappa shape index (κ2) is 9.18. The van der Waals surface area contributed by atoms with Gasteiger partial charge in [-0.1, -0.05) is 0 Å². The fraction of sp³-hybridized carbons (Fsp3) is 0.588. The van der Waals surface area contributed by atoms with Gasteiger partial charge in [-0.2, -0.15) is 0 Å². The lowest BCUT2D eigenvalue weighted by molar-refractivity contribution is 0.0952. The summed E-state index contributed by atoms with van der Waals surface area (Å²) in [5.74, 6) is 0.00191. The summed E-state index contributed by atoms with van der Waals surface area (Å²) in [6.07, 6.45) is 6.36. The minimum Gasteiger partial charge on any atom is -0.395 e. The van der Waals surface area contributed by atoms with Crippen molar-refractivity contribution in [2.75, 3.05) is 32.5 Å². The molecule has 2 rings (SSSR count). The SMILES string of the molecule is CSc1ccc(C(=O)NCCCCN2CCCC2CO)cc1. The first-order valence-electron chi connectivity index (χ1n) is 8.01. The Labute approximate surface area is 137 Å². The van der Waals surface area contributed by atoms with Crippen LogP contribution >= 0.6 is 11.8 Å². The number of rotatable bonds is 8. The summed E-state index contributed by atoms with van der Waals surface area (Å²) in [4.78, 5) is 15.5. The molecule has 122 valence electrons. The van der Waals surface area contributed by atoms with Crippen molar-refractivity contribution in [3.8, 4) is 0 Å². The van der Waals surface area contributed by atoms with E-state index in [1.54, 1.807) is 11.8 Å². The highest BCUT2D eigenvalue weighted by atomic mass is 32.2. The summed E-state index contributed by atoms with van der Waals surface area (Å²) in [5.41, 5.74) is 0.720. The Morgan fingerprint density at radius 3 is 2.82 bits per heavy atom. The van der Waals surface area contributed by atoms with Crippen LogP contribution in [0.15, 0.2) is 29.2 Å². The molecule has 4 nitrogen and oxygen atoms in total. The zero-order chi connectivity index (χ0) is 15.8. The number of thioether (sulfide) groups is 1. The molecule has 1 amide bonds. The first-order chi connectivity index (χ1) is 10.7. The highest BCUT2D eigenvalue weighted by molar-refractivity contribution is 7.98. The molecule has 1 aromatic carbocycles. The molecule has 0 spiro atoms. The lowest BCUT2D eigenvalue weighted by Gasteiger charge is -2.22. The van der Waals surface area contributed by atoms with Gasteiger partial charge in [-0.25, -0.2) is 0 Å². The number of nitrogens with one attached hydrogen (secondary N) is 1. The van der Waals surface area contributed by atoms with Gasteiger partial charge in [-0.15, -0.1) is 11.8 Å². The van der Waals surface area contributed by atoms with E-state index in [2.05, 4.69) is 10.2 Å². The third kappa shape index (κ3) is 5.00. The molecular weight excluding hydrogens is 296 g/mol. The molecule has 1 heterocycles. The van der Waals surface area contributed by atoms with Gasteiger partial charge in [0.25, 0.3) is 5.91 Å². The average molecular weight is 322 g/mol. The number of aliphatic hydroxyl groups is 1. The molecule has 1 unspecified atom stereocenters. The number of hydrogen-bond donors (Lipinski definition) is 2. The molecule has 1 aliphatic heterocycles. The number of nitrogens with zero attached hydrogens (tertiary/aromatic N) is 1. The van der Waals surface area contributed by atoms with E-state index in [0.717, 1.165) is 37.9 Å². The summed E-state index contributed by atoms with van der Waals surface area (Å²) >= 11 is 1.67. The van der Waals surface area contributed by atoms with E-state index >= 15 is 0 Å². The van der Waals surface area contributed by atoms with E-state index in [1.165, 1.54) is 11.3 Å². The van der Waals surface area contributed by atoms with Gasteiger partial charge in [0, 0.05) is 23.0 Å². The topological polar surface area (TPSA) is 52.6 Å². The van der Waals surface area contributed by atoms with E-state index in [4.69, 9.17) is 0 Å². The molecule has 0 saturated carbocycles. The number of hydrogen-bond acceptors (Lipinski definition) is 4. The molecule has 1 saturated heterocycles. The molecule has 1 aromatic rings. The predicted octanol–water partition coefficient (Wildman–Crippen LogP) is 2.38. The second-order valence-corrected chi connectivity index (χ2v) is 6.59. The third-order valence-corrected chi connectivity index (χ3v) is 4.96. The second-order valence-electron chi connectivity index (χ2n) is 5.71. The third-order valence-electron chi connectivity index (χ3n) is 4.22. The highest BCUT2D eigenvalue weighted by Crippen LogP contribution is 2.17. The summed E-state index contributed by atoms with van der Waals surface area (Å²) in [7, 11) is 0. The van der Waals surface area contributed by atoms with Crippen molar-refractivity contribution in [1.82, 2.24) is 10.2 Å². The van der Waals surface area contributed by atoms with E-state index in [-0.39, 0.29) is 12.5 Å². The highest BCUT2D eigenvalue weighted by Gasteiger charge is 2.22. The van der Waals surface area contributed by atoms with Crippen molar-refractivity contribution in [2.45, 2.75) is 36.6 Å². The molecule has 5 heteroatoms. The molecular formula is C17H26N2O2S. The Kier molecular flexibility index (Phi) is 7.22. The number of benzene rings is 1. The first kappa shape index (κ1) is 17.3. The van der Waals surface area contributed by atoms with Gasteiger partial charge >= 0.3 is 0 Å². The summed E-state index contributed by atoms with van der Waals surface area (Å²) < 4.78 is 0. The molecule has 0 aliphatic carbocycles. The van der Waals surface area contributed by atoms with E-state index < -0.39 is 0 Å². The van der Waals surface area contributed by atoms with Crippen LogP contribution in [0, 0.1) is 0 Å². The molecule has 0 aromatic heterocycles. The average Bonchev–Trinajstić information content (AvgIpc) is 3.02. The smallest absolute Gasteiger partial charge is 0.251 e. The van der Waals surface area contributed by atoms with Crippen LogP contribution in [0.1, 0.15) is 36.0 Å². The van der Waals surface area contributed by atoms with Crippen molar-refractivity contribution in [3.05, 3.63) is 29.8 Å². The molecule has 22 heavy (non-hydrogen) atoms. The molecule has 0 radical (unpaired) electrons.